The third kappa shape index (κ3) is 2.60. The van der Waals surface area contributed by atoms with E-state index in [0.717, 1.165) is 19.7 Å². The first-order valence-corrected chi connectivity index (χ1v) is 7.37. The Hall–Kier alpha value is -1.51. The number of hydrogen-bond acceptors (Lipinski definition) is 3. The van der Waals surface area contributed by atoms with Crippen molar-refractivity contribution in [1.82, 2.24) is 0 Å². The highest BCUT2D eigenvalue weighted by atomic mass is 16.5. The molecule has 102 valence electrons. The number of aliphatic imine (C=N–C) groups is 1. The molecule has 0 saturated heterocycles. The quantitative estimate of drug-likeness (QED) is 0.829. The molecule has 3 heteroatoms. The Bertz CT molecular complexity index is 470. The van der Waals surface area contributed by atoms with Crippen LogP contribution in [0.3, 0.4) is 0 Å². The minimum Gasteiger partial charge on any atom is -0.481 e. The van der Waals surface area contributed by atoms with Gasteiger partial charge in [-0.25, -0.2) is 4.99 Å². The zero-order chi connectivity index (χ0) is 13.1. The number of nitrogens with zero attached hydrogens (tertiary/aromatic N) is 2. The average Bonchev–Trinajstić information content (AvgIpc) is 2.97. The molecule has 0 spiro atoms. The summed E-state index contributed by atoms with van der Waals surface area (Å²) < 4.78 is 5.23. The third-order valence-corrected chi connectivity index (χ3v) is 4.16. The molecule has 1 unspecified atom stereocenters. The summed E-state index contributed by atoms with van der Waals surface area (Å²) in [6, 6.07) is 7.06. The molecule has 1 aliphatic heterocycles. The van der Waals surface area contributed by atoms with Crippen LogP contribution in [0, 0.1) is 0 Å². The van der Waals surface area contributed by atoms with E-state index >= 15 is 0 Å². The first-order valence-electron chi connectivity index (χ1n) is 7.37. The lowest BCUT2D eigenvalue weighted by atomic mass is 9.90. The summed E-state index contributed by atoms with van der Waals surface area (Å²) in [5.41, 5.74) is 4.54. The number of hydrogen-bond donors (Lipinski definition) is 0. The van der Waals surface area contributed by atoms with Crippen LogP contribution in [-0.2, 0) is 17.6 Å². The summed E-state index contributed by atoms with van der Waals surface area (Å²) in [4.78, 5) is 6.83. The molecule has 1 aromatic rings. The Morgan fingerprint density at radius 3 is 3.00 bits per heavy atom. The fourth-order valence-corrected chi connectivity index (χ4v) is 3.14. The molecule has 0 aromatic heterocycles. The van der Waals surface area contributed by atoms with Gasteiger partial charge in [0, 0.05) is 18.8 Å². The molecule has 0 amide bonds. The fourth-order valence-electron chi connectivity index (χ4n) is 3.14. The predicted octanol–water partition coefficient (Wildman–Crippen LogP) is 2.82. The highest BCUT2D eigenvalue weighted by Gasteiger charge is 2.20. The van der Waals surface area contributed by atoms with Crippen LogP contribution >= 0.6 is 0 Å². The molecule has 0 bridgehead atoms. The minimum absolute atomic E-state index is 0.291. The Morgan fingerprint density at radius 2 is 2.21 bits per heavy atom. The van der Waals surface area contributed by atoms with Gasteiger partial charge in [-0.3, -0.25) is 0 Å². The Labute approximate surface area is 115 Å². The van der Waals surface area contributed by atoms with Gasteiger partial charge in [-0.1, -0.05) is 12.1 Å². The number of benzene rings is 1. The number of rotatable bonds is 4. The third-order valence-electron chi connectivity index (χ3n) is 4.16. The first kappa shape index (κ1) is 12.5. The highest BCUT2D eigenvalue weighted by molar-refractivity contribution is 5.58. The lowest BCUT2D eigenvalue weighted by Crippen LogP contribution is -2.33. The molecule has 1 atom stereocenters. The molecule has 0 saturated carbocycles. The van der Waals surface area contributed by atoms with Crippen LogP contribution in [0.25, 0.3) is 0 Å². The summed E-state index contributed by atoms with van der Waals surface area (Å²) >= 11 is 0. The normalized spacial score (nSPS) is 21.0. The molecule has 1 aromatic carbocycles. The lowest BCUT2D eigenvalue weighted by molar-refractivity contribution is 0.328. The second kappa shape index (κ2) is 5.64. The van der Waals surface area contributed by atoms with Gasteiger partial charge < -0.3 is 9.64 Å². The minimum atomic E-state index is 0.291. The van der Waals surface area contributed by atoms with Crippen LogP contribution in [0.2, 0.25) is 0 Å². The van der Waals surface area contributed by atoms with E-state index in [-0.39, 0.29) is 0 Å². The van der Waals surface area contributed by atoms with Crippen molar-refractivity contribution in [3.05, 3.63) is 29.3 Å². The van der Waals surface area contributed by atoms with Crippen LogP contribution in [-0.4, -0.2) is 32.1 Å². The van der Waals surface area contributed by atoms with Crippen molar-refractivity contribution in [2.24, 2.45) is 4.99 Å². The van der Waals surface area contributed by atoms with Gasteiger partial charge >= 0.3 is 0 Å². The SMILES string of the molecule is CCN(CC1COC=N1)c1cccc2c1CCCC2. The van der Waals surface area contributed by atoms with Crippen molar-refractivity contribution in [2.75, 3.05) is 24.6 Å². The number of aryl methyl sites for hydroxylation is 1. The standard InChI is InChI=1S/C16H22N2O/c1-2-18(10-14-11-19-12-17-14)16-9-5-7-13-6-3-4-8-15(13)16/h5,7,9,12,14H,2-4,6,8,10-11H2,1H3. The molecule has 3 nitrogen and oxygen atoms in total. The van der Waals surface area contributed by atoms with Gasteiger partial charge in [0.2, 0.25) is 0 Å². The van der Waals surface area contributed by atoms with Gasteiger partial charge in [-0.15, -0.1) is 0 Å². The van der Waals surface area contributed by atoms with E-state index in [4.69, 9.17) is 4.74 Å². The molecule has 19 heavy (non-hydrogen) atoms. The smallest absolute Gasteiger partial charge is 0.169 e. The molecule has 2 aliphatic rings. The number of anilines is 1. The van der Waals surface area contributed by atoms with E-state index in [9.17, 15) is 0 Å². The molecular weight excluding hydrogens is 236 g/mol. The molecule has 3 rings (SSSR count). The summed E-state index contributed by atoms with van der Waals surface area (Å²) in [5, 5.41) is 0. The maximum atomic E-state index is 5.23. The van der Waals surface area contributed by atoms with Crippen LogP contribution in [0.4, 0.5) is 5.69 Å². The number of ether oxygens (including phenoxy) is 1. The van der Waals surface area contributed by atoms with Crippen molar-refractivity contribution >= 4 is 12.1 Å². The molecule has 1 aliphatic carbocycles. The van der Waals surface area contributed by atoms with E-state index in [1.807, 2.05) is 0 Å². The molecule has 0 radical (unpaired) electrons. The summed E-state index contributed by atoms with van der Waals surface area (Å²) in [6.07, 6.45) is 6.73. The number of fused-ring (bicyclic) bond motifs is 1. The molecule has 1 heterocycles. The Morgan fingerprint density at radius 1 is 1.32 bits per heavy atom. The summed E-state index contributed by atoms with van der Waals surface area (Å²) in [7, 11) is 0. The Kier molecular flexibility index (Phi) is 3.72. The van der Waals surface area contributed by atoms with Gasteiger partial charge in [-0.05, 0) is 49.8 Å². The van der Waals surface area contributed by atoms with Crippen LogP contribution in [0.1, 0.15) is 30.9 Å². The first-order chi connectivity index (χ1) is 9.38. The molecule has 0 N–H and O–H groups in total. The molecule has 0 fully saturated rings. The monoisotopic (exact) mass is 258 g/mol. The second-order valence-corrected chi connectivity index (χ2v) is 5.40. The maximum absolute atomic E-state index is 5.23. The van der Waals surface area contributed by atoms with Gasteiger partial charge in [0.15, 0.2) is 6.40 Å². The van der Waals surface area contributed by atoms with Crippen molar-refractivity contribution in [3.8, 4) is 0 Å². The van der Waals surface area contributed by atoms with Gasteiger partial charge in [0.1, 0.15) is 12.6 Å². The zero-order valence-corrected chi connectivity index (χ0v) is 11.6. The average molecular weight is 258 g/mol. The second-order valence-electron chi connectivity index (χ2n) is 5.40. The maximum Gasteiger partial charge on any atom is 0.169 e. The largest absolute Gasteiger partial charge is 0.481 e. The van der Waals surface area contributed by atoms with E-state index in [0.29, 0.717) is 6.04 Å². The Balaban J connectivity index is 1.84. The van der Waals surface area contributed by atoms with E-state index < -0.39 is 0 Å². The van der Waals surface area contributed by atoms with Crippen molar-refractivity contribution in [3.63, 3.8) is 0 Å². The van der Waals surface area contributed by atoms with E-state index in [1.165, 1.54) is 31.4 Å². The lowest BCUT2D eigenvalue weighted by Gasteiger charge is -2.30. The van der Waals surface area contributed by atoms with Gasteiger partial charge in [0.25, 0.3) is 0 Å². The zero-order valence-electron chi connectivity index (χ0n) is 11.6. The summed E-state index contributed by atoms with van der Waals surface area (Å²) in [6.45, 7) is 4.94. The van der Waals surface area contributed by atoms with E-state index in [2.05, 4.69) is 35.0 Å². The van der Waals surface area contributed by atoms with Crippen LogP contribution < -0.4 is 4.90 Å². The van der Waals surface area contributed by atoms with Crippen molar-refractivity contribution in [2.45, 2.75) is 38.6 Å². The van der Waals surface area contributed by atoms with Crippen LogP contribution in [0.15, 0.2) is 23.2 Å². The topological polar surface area (TPSA) is 24.8 Å². The number of likely N-dealkylation sites (N-methyl/N-ethyl adjacent to an activating group) is 1. The fraction of sp³-hybridized carbons (Fsp3) is 0.562. The van der Waals surface area contributed by atoms with Crippen LogP contribution in [0.5, 0.6) is 0 Å². The molecular formula is C16H22N2O. The predicted molar refractivity (Wildman–Crippen MR) is 79.2 cm³/mol. The van der Waals surface area contributed by atoms with E-state index in [1.54, 1.807) is 17.5 Å². The summed E-state index contributed by atoms with van der Waals surface area (Å²) in [5.74, 6) is 0. The van der Waals surface area contributed by atoms with Crippen molar-refractivity contribution in [1.29, 1.82) is 0 Å². The van der Waals surface area contributed by atoms with Gasteiger partial charge in [-0.2, -0.15) is 0 Å². The highest BCUT2D eigenvalue weighted by Crippen LogP contribution is 2.30. The van der Waals surface area contributed by atoms with Gasteiger partial charge in [0.05, 0.1) is 0 Å². The van der Waals surface area contributed by atoms with Crippen molar-refractivity contribution < 1.29 is 4.74 Å².